The van der Waals surface area contributed by atoms with E-state index in [1.807, 2.05) is 31.4 Å². The van der Waals surface area contributed by atoms with Crippen molar-refractivity contribution in [2.75, 3.05) is 31.6 Å². The summed E-state index contributed by atoms with van der Waals surface area (Å²) in [7, 11) is 0. The number of nitrogens with one attached hydrogen (secondary N) is 1. The summed E-state index contributed by atoms with van der Waals surface area (Å²) >= 11 is 1.35. The van der Waals surface area contributed by atoms with E-state index in [-0.39, 0.29) is 31.3 Å². The van der Waals surface area contributed by atoms with Gasteiger partial charge in [0.25, 0.3) is 0 Å². The lowest BCUT2D eigenvalue weighted by Gasteiger charge is -2.34. The average molecular weight is 445 g/mol. The van der Waals surface area contributed by atoms with Crippen LogP contribution in [-0.2, 0) is 14.3 Å². The van der Waals surface area contributed by atoms with E-state index in [2.05, 4.69) is 36.2 Å². The van der Waals surface area contributed by atoms with Gasteiger partial charge in [-0.3, -0.25) is 9.69 Å². The van der Waals surface area contributed by atoms with Crippen molar-refractivity contribution < 1.29 is 19.1 Å². The lowest BCUT2D eigenvalue weighted by atomic mass is 9.98. The van der Waals surface area contributed by atoms with Crippen molar-refractivity contribution in [1.29, 1.82) is 0 Å². The molecule has 0 saturated carbocycles. The molecule has 2 atom stereocenters. The van der Waals surface area contributed by atoms with Crippen molar-refractivity contribution in [3.05, 3.63) is 40.8 Å². The molecule has 2 heterocycles. The number of hydrogen-bond donors (Lipinski definition) is 1. The molecular formula is C24H32N2O4S. The summed E-state index contributed by atoms with van der Waals surface area (Å²) < 4.78 is 11.0. The second-order valence-electron chi connectivity index (χ2n) is 8.35. The number of morpholine rings is 1. The van der Waals surface area contributed by atoms with Gasteiger partial charge < -0.3 is 14.8 Å². The number of thiophene rings is 1. The zero-order valence-electron chi connectivity index (χ0n) is 18.9. The Morgan fingerprint density at radius 3 is 2.42 bits per heavy atom. The number of carbonyl (C=O) groups excluding carboxylic acids is 2. The normalized spacial score (nSPS) is 19.4. The summed E-state index contributed by atoms with van der Waals surface area (Å²) in [6, 6.07) is 8.18. The zero-order valence-corrected chi connectivity index (χ0v) is 19.8. The molecule has 7 heteroatoms. The van der Waals surface area contributed by atoms with Crippen molar-refractivity contribution in [3.63, 3.8) is 0 Å². The van der Waals surface area contributed by atoms with Crippen LogP contribution in [0.4, 0.5) is 5.00 Å². The topological polar surface area (TPSA) is 67.9 Å². The minimum atomic E-state index is -0.421. The molecule has 1 N–H and O–H groups in total. The van der Waals surface area contributed by atoms with E-state index in [1.54, 1.807) is 6.92 Å². The maximum Gasteiger partial charge on any atom is 0.341 e. The largest absolute Gasteiger partial charge is 0.462 e. The van der Waals surface area contributed by atoms with Crippen LogP contribution in [0, 0.1) is 0 Å². The minimum Gasteiger partial charge on any atom is -0.462 e. The Bertz CT molecular complexity index is 897. The van der Waals surface area contributed by atoms with Crippen LogP contribution >= 0.6 is 11.3 Å². The summed E-state index contributed by atoms with van der Waals surface area (Å²) in [6.45, 7) is 12.0. The second-order valence-corrected chi connectivity index (χ2v) is 9.23. The fourth-order valence-corrected chi connectivity index (χ4v) is 4.87. The van der Waals surface area contributed by atoms with Crippen LogP contribution in [0.2, 0.25) is 0 Å². The molecule has 31 heavy (non-hydrogen) atoms. The Labute approximate surface area is 188 Å². The summed E-state index contributed by atoms with van der Waals surface area (Å²) in [5, 5.41) is 5.38. The number of hydrogen-bond acceptors (Lipinski definition) is 6. The Kier molecular flexibility index (Phi) is 7.86. The van der Waals surface area contributed by atoms with Gasteiger partial charge in [-0.05, 0) is 37.8 Å². The van der Waals surface area contributed by atoms with E-state index in [9.17, 15) is 9.59 Å². The van der Waals surface area contributed by atoms with E-state index >= 15 is 0 Å². The highest BCUT2D eigenvalue weighted by molar-refractivity contribution is 7.15. The van der Waals surface area contributed by atoms with E-state index in [0.717, 1.165) is 11.1 Å². The van der Waals surface area contributed by atoms with Gasteiger partial charge in [0, 0.05) is 24.0 Å². The van der Waals surface area contributed by atoms with Crippen LogP contribution in [0.3, 0.4) is 0 Å². The van der Waals surface area contributed by atoms with Crippen LogP contribution < -0.4 is 5.32 Å². The highest BCUT2D eigenvalue weighted by Gasteiger charge is 2.26. The Morgan fingerprint density at radius 1 is 1.19 bits per heavy atom. The third-order valence-electron chi connectivity index (χ3n) is 5.27. The average Bonchev–Trinajstić information content (AvgIpc) is 3.10. The van der Waals surface area contributed by atoms with E-state index < -0.39 is 5.97 Å². The lowest BCUT2D eigenvalue weighted by Crippen LogP contribution is -2.48. The fourth-order valence-electron chi connectivity index (χ4n) is 3.90. The first-order valence-corrected chi connectivity index (χ1v) is 11.7. The molecule has 1 saturated heterocycles. The van der Waals surface area contributed by atoms with Crippen LogP contribution in [0.25, 0.3) is 11.1 Å². The number of carbonyl (C=O) groups is 2. The molecule has 1 amide bonds. The molecule has 2 aromatic rings. The van der Waals surface area contributed by atoms with Gasteiger partial charge in [-0.15, -0.1) is 11.3 Å². The smallest absolute Gasteiger partial charge is 0.341 e. The standard InChI is InChI=1S/C24H32N2O4S/c1-6-29-24(28)22-20(19-9-7-18(8-10-19)15(2)3)14-31-23(22)25-21(27)13-26-11-16(4)30-17(5)12-26/h7-10,14-17H,6,11-13H2,1-5H3,(H,25,27)/t16-,17-/m1/s1. The van der Waals surface area contributed by atoms with Crippen LogP contribution in [-0.4, -0.2) is 55.2 Å². The summed E-state index contributed by atoms with van der Waals surface area (Å²) in [5.41, 5.74) is 3.36. The SMILES string of the molecule is CCOC(=O)c1c(-c2ccc(C(C)C)cc2)csc1NC(=O)CN1C[C@@H](C)O[C@H](C)C1. The van der Waals surface area contributed by atoms with Gasteiger partial charge in [0.1, 0.15) is 10.6 Å². The maximum atomic E-state index is 12.8. The summed E-state index contributed by atoms with van der Waals surface area (Å²) in [4.78, 5) is 27.6. The molecule has 1 aliphatic heterocycles. The molecule has 6 nitrogen and oxygen atoms in total. The first kappa shape index (κ1) is 23.4. The second kappa shape index (κ2) is 10.4. The van der Waals surface area contributed by atoms with Gasteiger partial charge in [0.2, 0.25) is 5.91 Å². The van der Waals surface area contributed by atoms with Crippen molar-refractivity contribution >= 4 is 28.2 Å². The number of rotatable bonds is 7. The van der Waals surface area contributed by atoms with Crippen LogP contribution in [0.1, 0.15) is 56.5 Å². The molecule has 1 aliphatic rings. The molecule has 1 fully saturated rings. The van der Waals surface area contributed by atoms with Gasteiger partial charge in [0.05, 0.1) is 25.4 Å². The van der Waals surface area contributed by atoms with E-state index in [4.69, 9.17) is 9.47 Å². The van der Waals surface area contributed by atoms with E-state index in [0.29, 0.717) is 29.6 Å². The quantitative estimate of drug-likeness (QED) is 0.624. The Balaban J connectivity index is 1.81. The fraction of sp³-hybridized carbons (Fsp3) is 0.500. The molecule has 0 spiro atoms. The minimum absolute atomic E-state index is 0.0915. The highest BCUT2D eigenvalue weighted by atomic mass is 32.1. The Hall–Kier alpha value is -2.22. The number of amides is 1. The van der Waals surface area contributed by atoms with E-state index in [1.165, 1.54) is 16.9 Å². The van der Waals surface area contributed by atoms with Crippen LogP contribution in [0.15, 0.2) is 29.6 Å². The van der Waals surface area contributed by atoms with Gasteiger partial charge in [-0.1, -0.05) is 38.1 Å². The predicted molar refractivity (Wildman–Crippen MR) is 125 cm³/mol. The molecule has 168 valence electrons. The van der Waals surface area contributed by atoms with Crippen molar-refractivity contribution in [2.45, 2.75) is 52.7 Å². The first-order chi connectivity index (χ1) is 14.8. The third-order valence-corrected chi connectivity index (χ3v) is 6.17. The highest BCUT2D eigenvalue weighted by Crippen LogP contribution is 2.36. The van der Waals surface area contributed by atoms with Gasteiger partial charge in [-0.25, -0.2) is 4.79 Å². The predicted octanol–water partition coefficient (Wildman–Crippen LogP) is 4.76. The van der Waals surface area contributed by atoms with Crippen molar-refractivity contribution in [1.82, 2.24) is 4.90 Å². The number of anilines is 1. The molecule has 0 unspecified atom stereocenters. The third kappa shape index (κ3) is 5.93. The van der Waals surface area contributed by atoms with Gasteiger partial charge in [-0.2, -0.15) is 0 Å². The number of esters is 1. The molecule has 1 aromatic carbocycles. The number of ether oxygens (including phenoxy) is 2. The summed E-state index contributed by atoms with van der Waals surface area (Å²) in [6.07, 6.45) is 0.183. The maximum absolute atomic E-state index is 12.8. The first-order valence-electron chi connectivity index (χ1n) is 10.8. The van der Waals surface area contributed by atoms with Gasteiger partial charge >= 0.3 is 5.97 Å². The monoisotopic (exact) mass is 444 g/mol. The molecule has 0 aliphatic carbocycles. The van der Waals surface area contributed by atoms with Crippen LogP contribution in [0.5, 0.6) is 0 Å². The Morgan fingerprint density at radius 2 is 1.84 bits per heavy atom. The molecule has 0 radical (unpaired) electrons. The molecular weight excluding hydrogens is 412 g/mol. The molecule has 0 bridgehead atoms. The lowest BCUT2D eigenvalue weighted by molar-refractivity contribution is -0.121. The van der Waals surface area contributed by atoms with Gasteiger partial charge in [0.15, 0.2) is 0 Å². The summed E-state index contributed by atoms with van der Waals surface area (Å²) in [5.74, 6) is -0.132. The molecule has 1 aromatic heterocycles. The van der Waals surface area contributed by atoms with Crippen molar-refractivity contribution in [3.8, 4) is 11.1 Å². The molecule has 3 rings (SSSR count). The number of nitrogens with zero attached hydrogens (tertiary/aromatic N) is 1. The zero-order chi connectivity index (χ0) is 22.5. The van der Waals surface area contributed by atoms with Crippen molar-refractivity contribution in [2.24, 2.45) is 0 Å². The number of benzene rings is 1.